The van der Waals surface area contributed by atoms with Gasteiger partial charge in [-0.3, -0.25) is 0 Å². The fourth-order valence-corrected chi connectivity index (χ4v) is 3.67. The summed E-state index contributed by atoms with van der Waals surface area (Å²) in [5.41, 5.74) is 0.382. The van der Waals surface area contributed by atoms with Gasteiger partial charge in [0.1, 0.15) is 6.07 Å². The summed E-state index contributed by atoms with van der Waals surface area (Å²) >= 11 is 1.66. The minimum Gasteiger partial charge on any atom is -0.420 e. The van der Waals surface area contributed by atoms with Crippen LogP contribution in [0.3, 0.4) is 0 Å². The summed E-state index contributed by atoms with van der Waals surface area (Å²) < 4.78 is 5.85. The maximum Gasteiger partial charge on any atom is 0.235 e. The zero-order valence-corrected chi connectivity index (χ0v) is 13.6. The molecule has 0 spiro atoms. The van der Waals surface area contributed by atoms with Gasteiger partial charge in [0.05, 0.1) is 0 Å². The van der Waals surface area contributed by atoms with E-state index in [0.29, 0.717) is 29.3 Å². The van der Waals surface area contributed by atoms with Crippen molar-refractivity contribution in [3.05, 3.63) is 34.0 Å². The molecule has 3 heterocycles. The van der Waals surface area contributed by atoms with Crippen molar-refractivity contribution in [3.63, 3.8) is 0 Å². The van der Waals surface area contributed by atoms with Crippen LogP contribution in [0.15, 0.2) is 21.9 Å². The third kappa shape index (κ3) is 3.23. The van der Waals surface area contributed by atoms with E-state index < -0.39 is 0 Å². The topological polar surface area (TPSA) is 53.1 Å². The summed E-state index contributed by atoms with van der Waals surface area (Å²) in [7, 11) is 0. The molecule has 2 aromatic heterocycles. The van der Waals surface area contributed by atoms with Crippen LogP contribution in [0.1, 0.15) is 36.7 Å². The maximum absolute atomic E-state index is 9.33. The minimum absolute atomic E-state index is 0.382. The molecule has 1 saturated heterocycles. The Morgan fingerprint density at radius 1 is 1.36 bits per heavy atom. The number of rotatable bonds is 3. The number of hydrogen-bond acceptors (Lipinski definition) is 5. The van der Waals surface area contributed by atoms with Crippen LogP contribution in [0.5, 0.6) is 0 Å². The lowest BCUT2D eigenvalue weighted by Crippen LogP contribution is -2.38. The normalized spacial score (nSPS) is 22.1. The van der Waals surface area contributed by atoms with Crippen LogP contribution in [0.2, 0.25) is 0 Å². The molecule has 4 nitrogen and oxygen atoms in total. The van der Waals surface area contributed by atoms with E-state index in [2.05, 4.69) is 29.8 Å². The molecule has 5 heteroatoms. The zero-order valence-electron chi connectivity index (χ0n) is 12.8. The highest BCUT2D eigenvalue weighted by molar-refractivity contribution is 7.10. The molecule has 0 aromatic carbocycles. The Morgan fingerprint density at radius 3 is 2.77 bits per heavy atom. The summed E-state index contributed by atoms with van der Waals surface area (Å²) in [6.45, 7) is 6.32. The van der Waals surface area contributed by atoms with Crippen molar-refractivity contribution in [1.82, 2.24) is 4.98 Å². The largest absolute Gasteiger partial charge is 0.420 e. The lowest BCUT2D eigenvalue weighted by atomic mass is 9.92. The van der Waals surface area contributed by atoms with E-state index >= 15 is 0 Å². The molecule has 0 aliphatic carbocycles. The van der Waals surface area contributed by atoms with E-state index in [-0.39, 0.29) is 0 Å². The first-order valence-electron chi connectivity index (χ1n) is 7.53. The molecule has 2 aromatic rings. The predicted octanol–water partition coefficient (Wildman–Crippen LogP) is 4.26. The maximum atomic E-state index is 9.33. The van der Waals surface area contributed by atoms with Gasteiger partial charge in [0.2, 0.25) is 17.5 Å². The molecule has 1 aliphatic heterocycles. The Hall–Kier alpha value is -2.06. The van der Waals surface area contributed by atoms with Gasteiger partial charge in [0, 0.05) is 24.0 Å². The average molecular weight is 313 g/mol. The second kappa shape index (κ2) is 6.37. The zero-order chi connectivity index (χ0) is 15.5. The highest BCUT2D eigenvalue weighted by Gasteiger charge is 2.27. The highest BCUT2D eigenvalue weighted by atomic mass is 32.1. The minimum atomic E-state index is 0.382. The van der Waals surface area contributed by atoms with E-state index in [1.165, 1.54) is 6.42 Å². The number of nitriles is 1. The molecule has 0 saturated carbocycles. The summed E-state index contributed by atoms with van der Waals surface area (Å²) in [6.07, 6.45) is 5.01. The molecule has 2 unspecified atom stereocenters. The first kappa shape index (κ1) is 14.9. The van der Waals surface area contributed by atoms with Gasteiger partial charge in [-0.05, 0) is 35.8 Å². The monoisotopic (exact) mass is 313 g/mol. The third-order valence-corrected chi connectivity index (χ3v) is 4.66. The van der Waals surface area contributed by atoms with Crippen LogP contribution in [0.4, 0.5) is 5.88 Å². The summed E-state index contributed by atoms with van der Waals surface area (Å²) in [5, 5.41) is 11.4. The molecular formula is C17H19N3OS. The van der Waals surface area contributed by atoms with Gasteiger partial charge in [0.25, 0.3) is 0 Å². The number of hydrogen-bond donors (Lipinski definition) is 0. The molecule has 1 aliphatic rings. The van der Waals surface area contributed by atoms with Gasteiger partial charge in [-0.25, -0.2) is 0 Å². The van der Waals surface area contributed by atoms with Crippen LogP contribution >= 0.6 is 11.3 Å². The second-order valence-corrected chi connectivity index (χ2v) is 7.00. The van der Waals surface area contributed by atoms with Crippen LogP contribution in [0.25, 0.3) is 12.2 Å². The van der Waals surface area contributed by atoms with E-state index in [1.807, 2.05) is 29.7 Å². The van der Waals surface area contributed by atoms with Crippen LogP contribution in [-0.2, 0) is 0 Å². The Morgan fingerprint density at radius 2 is 2.14 bits per heavy atom. The van der Waals surface area contributed by atoms with Crippen LogP contribution in [-0.4, -0.2) is 18.1 Å². The predicted molar refractivity (Wildman–Crippen MR) is 89.6 cm³/mol. The fourth-order valence-electron chi connectivity index (χ4n) is 3.05. The summed E-state index contributed by atoms with van der Waals surface area (Å²) in [6, 6.07) is 6.19. The molecule has 114 valence electrons. The standard InChI is InChI=1S/C17H19N3OS/c1-12-8-13(2)11-20(10-12)17-15(9-18)19-16(21-17)6-5-14-4-3-7-22-14/h3-7,12-13H,8,10-11H2,1-2H3/b6-5+. The van der Waals surface area contributed by atoms with Gasteiger partial charge in [-0.2, -0.15) is 10.2 Å². The molecular weight excluding hydrogens is 294 g/mol. The highest BCUT2D eigenvalue weighted by Crippen LogP contribution is 2.29. The summed E-state index contributed by atoms with van der Waals surface area (Å²) in [5.74, 6) is 2.31. The lowest BCUT2D eigenvalue weighted by molar-refractivity contribution is 0.342. The van der Waals surface area contributed by atoms with Gasteiger partial charge >= 0.3 is 0 Å². The smallest absolute Gasteiger partial charge is 0.235 e. The fraction of sp³-hybridized carbons (Fsp3) is 0.412. The van der Waals surface area contributed by atoms with Crippen LogP contribution < -0.4 is 4.90 Å². The van der Waals surface area contributed by atoms with Gasteiger partial charge < -0.3 is 9.32 Å². The number of anilines is 1. The van der Waals surface area contributed by atoms with E-state index in [0.717, 1.165) is 18.0 Å². The van der Waals surface area contributed by atoms with E-state index in [4.69, 9.17) is 4.42 Å². The van der Waals surface area contributed by atoms with Crippen molar-refractivity contribution >= 4 is 29.4 Å². The number of aromatic nitrogens is 1. The van der Waals surface area contributed by atoms with Gasteiger partial charge in [-0.15, -0.1) is 11.3 Å². The first-order valence-corrected chi connectivity index (χ1v) is 8.41. The number of thiophene rings is 1. The summed E-state index contributed by atoms with van der Waals surface area (Å²) in [4.78, 5) is 7.60. The molecule has 0 radical (unpaired) electrons. The number of oxazole rings is 1. The van der Waals surface area contributed by atoms with Crippen molar-refractivity contribution in [2.75, 3.05) is 18.0 Å². The van der Waals surface area contributed by atoms with Crippen molar-refractivity contribution in [2.24, 2.45) is 11.8 Å². The van der Waals surface area contributed by atoms with Crippen molar-refractivity contribution in [2.45, 2.75) is 20.3 Å². The van der Waals surface area contributed by atoms with E-state index in [9.17, 15) is 5.26 Å². The first-order chi connectivity index (χ1) is 10.7. The van der Waals surface area contributed by atoms with Crippen LogP contribution in [0, 0.1) is 23.2 Å². The van der Waals surface area contributed by atoms with Gasteiger partial charge in [-0.1, -0.05) is 19.9 Å². The quantitative estimate of drug-likeness (QED) is 0.849. The molecule has 0 amide bonds. The molecule has 2 atom stereocenters. The number of piperidine rings is 1. The van der Waals surface area contributed by atoms with Crippen molar-refractivity contribution in [1.29, 1.82) is 5.26 Å². The Bertz CT molecular complexity index is 686. The third-order valence-electron chi connectivity index (χ3n) is 3.82. The molecule has 0 bridgehead atoms. The number of nitrogens with zero attached hydrogens (tertiary/aromatic N) is 3. The van der Waals surface area contributed by atoms with Crippen molar-refractivity contribution < 1.29 is 4.42 Å². The Labute approximate surface area is 134 Å². The van der Waals surface area contributed by atoms with Gasteiger partial charge in [0.15, 0.2) is 0 Å². The Balaban J connectivity index is 1.84. The molecule has 22 heavy (non-hydrogen) atoms. The molecule has 1 fully saturated rings. The van der Waals surface area contributed by atoms with Crippen molar-refractivity contribution in [3.8, 4) is 6.07 Å². The average Bonchev–Trinajstić information content (AvgIpc) is 3.13. The molecule has 0 N–H and O–H groups in total. The molecule has 3 rings (SSSR count). The Kier molecular flexibility index (Phi) is 4.30. The second-order valence-electron chi connectivity index (χ2n) is 6.02. The lowest BCUT2D eigenvalue weighted by Gasteiger charge is -2.34. The SMILES string of the molecule is CC1CC(C)CN(c2oc(/C=C/c3cccs3)nc2C#N)C1. The van der Waals surface area contributed by atoms with E-state index in [1.54, 1.807) is 11.3 Å².